The van der Waals surface area contributed by atoms with E-state index in [0.29, 0.717) is 38.7 Å². The number of carbonyl (C=O) groups is 2. The summed E-state index contributed by atoms with van der Waals surface area (Å²) in [5, 5.41) is 0. The first-order valence-electron chi connectivity index (χ1n) is 9.14. The molecule has 1 aromatic rings. The summed E-state index contributed by atoms with van der Waals surface area (Å²) < 4.78 is 11.7. The molecule has 1 unspecified atom stereocenters. The number of aromatic nitrogens is 1. The van der Waals surface area contributed by atoms with E-state index in [4.69, 9.17) is 9.47 Å². The van der Waals surface area contributed by atoms with Crippen LogP contribution >= 0.6 is 0 Å². The van der Waals surface area contributed by atoms with Crippen LogP contribution in [0.2, 0.25) is 0 Å². The Hall–Kier alpha value is -2.19. The molecular formula is C18H24N4O4. The molecule has 0 radical (unpaired) electrons. The SMILES string of the molecule is O=C(N1CCCC1)N1CCOCC2(C1)CN(c1ccccn1)C(=O)CO2. The highest BCUT2D eigenvalue weighted by atomic mass is 16.6. The molecule has 3 amide bonds. The molecule has 8 heteroatoms. The number of carbonyl (C=O) groups excluding carboxylic acids is 2. The molecule has 3 fully saturated rings. The molecule has 140 valence electrons. The maximum absolute atomic E-state index is 12.8. The van der Waals surface area contributed by atoms with Gasteiger partial charge in [0.2, 0.25) is 0 Å². The van der Waals surface area contributed by atoms with E-state index < -0.39 is 5.60 Å². The maximum Gasteiger partial charge on any atom is 0.320 e. The van der Waals surface area contributed by atoms with Gasteiger partial charge in [0.15, 0.2) is 0 Å². The molecule has 3 aliphatic rings. The average Bonchev–Trinajstić information content (AvgIpc) is 3.13. The molecule has 0 saturated carbocycles. The standard InChI is InChI=1S/C18H24N4O4/c23-16-11-26-18(13-22(16)15-5-1-2-6-19-15)12-21(9-10-25-14-18)17(24)20-7-3-4-8-20/h1-2,5-6H,3-4,7-14H2. The molecule has 1 atom stereocenters. The fourth-order valence-corrected chi connectivity index (χ4v) is 3.80. The molecule has 4 rings (SSSR count). The zero-order valence-electron chi connectivity index (χ0n) is 14.8. The van der Waals surface area contributed by atoms with E-state index >= 15 is 0 Å². The van der Waals surface area contributed by atoms with Gasteiger partial charge in [-0.3, -0.25) is 9.69 Å². The van der Waals surface area contributed by atoms with Crippen LogP contribution in [0.15, 0.2) is 24.4 Å². The third kappa shape index (κ3) is 3.39. The normalized spacial score (nSPS) is 27.1. The van der Waals surface area contributed by atoms with Crippen LogP contribution in [-0.2, 0) is 14.3 Å². The second-order valence-electron chi connectivity index (χ2n) is 7.09. The van der Waals surface area contributed by atoms with Gasteiger partial charge in [0.1, 0.15) is 18.0 Å². The molecule has 4 heterocycles. The van der Waals surface area contributed by atoms with Crippen LogP contribution in [0.1, 0.15) is 12.8 Å². The fourth-order valence-electron chi connectivity index (χ4n) is 3.80. The van der Waals surface area contributed by atoms with Crippen molar-refractivity contribution in [1.82, 2.24) is 14.8 Å². The maximum atomic E-state index is 12.8. The summed E-state index contributed by atoms with van der Waals surface area (Å²) in [6.45, 7) is 3.69. The minimum Gasteiger partial charge on any atom is -0.376 e. The molecule has 3 saturated heterocycles. The van der Waals surface area contributed by atoms with Crippen molar-refractivity contribution in [2.24, 2.45) is 0 Å². The van der Waals surface area contributed by atoms with Crippen LogP contribution < -0.4 is 4.90 Å². The Morgan fingerprint density at radius 2 is 1.96 bits per heavy atom. The monoisotopic (exact) mass is 360 g/mol. The molecule has 1 aromatic heterocycles. The van der Waals surface area contributed by atoms with Gasteiger partial charge in [-0.05, 0) is 25.0 Å². The molecule has 3 aliphatic heterocycles. The number of urea groups is 1. The van der Waals surface area contributed by atoms with Crippen LogP contribution in [0.3, 0.4) is 0 Å². The number of likely N-dealkylation sites (tertiary alicyclic amines) is 1. The van der Waals surface area contributed by atoms with Crippen molar-refractivity contribution in [1.29, 1.82) is 0 Å². The number of nitrogens with zero attached hydrogens (tertiary/aromatic N) is 4. The zero-order chi connectivity index (χ0) is 18.0. The Balaban J connectivity index is 1.53. The van der Waals surface area contributed by atoms with Crippen molar-refractivity contribution in [2.45, 2.75) is 18.4 Å². The lowest BCUT2D eigenvalue weighted by atomic mass is 10.0. The molecule has 1 spiro atoms. The van der Waals surface area contributed by atoms with Crippen LogP contribution in [0.5, 0.6) is 0 Å². The van der Waals surface area contributed by atoms with Gasteiger partial charge in [-0.2, -0.15) is 0 Å². The minimum atomic E-state index is -0.725. The summed E-state index contributed by atoms with van der Waals surface area (Å²) >= 11 is 0. The first kappa shape index (κ1) is 17.2. The number of rotatable bonds is 1. The van der Waals surface area contributed by atoms with Crippen molar-refractivity contribution in [3.8, 4) is 0 Å². The Labute approximate surface area is 152 Å². The number of hydrogen-bond donors (Lipinski definition) is 0. The second kappa shape index (κ2) is 7.20. The summed E-state index contributed by atoms with van der Waals surface area (Å²) in [5.74, 6) is 0.470. The zero-order valence-corrected chi connectivity index (χ0v) is 14.8. The summed E-state index contributed by atoms with van der Waals surface area (Å²) in [4.78, 5) is 34.8. The van der Waals surface area contributed by atoms with Gasteiger partial charge in [0.05, 0.1) is 26.3 Å². The van der Waals surface area contributed by atoms with E-state index in [1.807, 2.05) is 28.0 Å². The molecule has 0 bridgehead atoms. The fraction of sp³-hybridized carbons (Fsp3) is 0.611. The van der Waals surface area contributed by atoms with E-state index in [0.717, 1.165) is 25.9 Å². The lowest BCUT2D eigenvalue weighted by molar-refractivity contribution is -0.145. The van der Waals surface area contributed by atoms with Crippen LogP contribution in [0, 0.1) is 0 Å². The molecule has 8 nitrogen and oxygen atoms in total. The molecule has 0 N–H and O–H groups in total. The highest BCUT2D eigenvalue weighted by Crippen LogP contribution is 2.27. The van der Waals surface area contributed by atoms with Gasteiger partial charge in [-0.1, -0.05) is 6.07 Å². The molecule has 0 aromatic carbocycles. The van der Waals surface area contributed by atoms with Gasteiger partial charge < -0.3 is 19.3 Å². The largest absolute Gasteiger partial charge is 0.376 e. The van der Waals surface area contributed by atoms with Crippen molar-refractivity contribution in [3.05, 3.63) is 24.4 Å². The number of morpholine rings is 1. The highest BCUT2D eigenvalue weighted by Gasteiger charge is 2.45. The Bertz CT molecular complexity index is 664. The molecule has 0 aliphatic carbocycles. The van der Waals surface area contributed by atoms with Gasteiger partial charge >= 0.3 is 6.03 Å². The van der Waals surface area contributed by atoms with Crippen LogP contribution in [0.4, 0.5) is 10.6 Å². The first-order chi connectivity index (χ1) is 12.7. The summed E-state index contributed by atoms with van der Waals surface area (Å²) in [7, 11) is 0. The molecule has 26 heavy (non-hydrogen) atoms. The number of pyridine rings is 1. The second-order valence-corrected chi connectivity index (χ2v) is 7.09. The van der Waals surface area contributed by atoms with Crippen molar-refractivity contribution < 1.29 is 19.1 Å². The van der Waals surface area contributed by atoms with Crippen LogP contribution in [0.25, 0.3) is 0 Å². The third-order valence-corrected chi connectivity index (χ3v) is 5.17. The molecular weight excluding hydrogens is 336 g/mol. The van der Waals surface area contributed by atoms with E-state index in [-0.39, 0.29) is 18.5 Å². The Morgan fingerprint density at radius 3 is 2.73 bits per heavy atom. The van der Waals surface area contributed by atoms with Crippen LogP contribution in [-0.4, -0.2) is 84.9 Å². The lowest BCUT2D eigenvalue weighted by Crippen LogP contribution is -2.62. The number of ether oxygens (including phenoxy) is 2. The predicted molar refractivity (Wildman–Crippen MR) is 93.9 cm³/mol. The van der Waals surface area contributed by atoms with Gasteiger partial charge in [-0.25, -0.2) is 9.78 Å². The minimum absolute atomic E-state index is 0.0360. The quantitative estimate of drug-likeness (QED) is 0.738. The summed E-state index contributed by atoms with van der Waals surface area (Å²) in [5.41, 5.74) is -0.725. The lowest BCUT2D eigenvalue weighted by Gasteiger charge is -2.42. The van der Waals surface area contributed by atoms with E-state index in [1.54, 1.807) is 11.1 Å². The van der Waals surface area contributed by atoms with Crippen molar-refractivity contribution in [3.63, 3.8) is 0 Å². The van der Waals surface area contributed by atoms with Crippen molar-refractivity contribution in [2.75, 3.05) is 57.4 Å². The number of amides is 3. The highest BCUT2D eigenvalue weighted by molar-refractivity contribution is 5.94. The van der Waals surface area contributed by atoms with E-state index in [9.17, 15) is 9.59 Å². The van der Waals surface area contributed by atoms with Gasteiger partial charge in [0, 0.05) is 25.8 Å². The first-order valence-corrected chi connectivity index (χ1v) is 9.14. The Morgan fingerprint density at radius 1 is 1.12 bits per heavy atom. The van der Waals surface area contributed by atoms with E-state index in [2.05, 4.69) is 4.98 Å². The average molecular weight is 360 g/mol. The van der Waals surface area contributed by atoms with E-state index in [1.165, 1.54) is 0 Å². The van der Waals surface area contributed by atoms with Gasteiger partial charge in [-0.15, -0.1) is 0 Å². The smallest absolute Gasteiger partial charge is 0.320 e. The Kier molecular flexibility index (Phi) is 4.78. The third-order valence-electron chi connectivity index (χ3n) is 5.17. The summed E-state index contributed by atoms with van der Waals surface area (Å²) in [6, 6.07) is 5.51. The predicted octanol–water partition coefficient (Wildman–Crippen LogP) is 0.732. The van der Waals surface area contributed by atoms with Crippen molar-refractivity contribution >= 4 is 17.8 Å². The summed E-state index contributed by atoms with van der Waals surface area (Å²) in [6.07, 6.45) is 3.77. The number of hydrogen-bond acceptors (Lipinski definition) is 5. The van der Waals surface area contributed by atoms with Gasteiger partial charge in [0.25, 0.3) is 5.91 Å². The topological polar surface area (TPSA) is 75.2 Å². The number of anilines is 1.